The van der Waals surface area contributed by atoms with Crippen LogP contribution in [-0.2, 0) is 0 Å². The standard InChI is InChI=1S/C11H13N.C7H16.C6H6.C2H6/c1-5-9-8(4)10(6-2)12-11(9)7-3;1-5-7(3,4)6-2;1-2-4-6-5-3-1;1-2/h5-7,12H,1-3H2,4H3;5-6H2,1-4H3;1-6H;1-2H3. The highest BCUT2D eigenvalue weighted by Crippen LogP contribution is 2.22. The summed E-state index contributed by atoms with van der Waals surface area (Å²) in [6.45, 7) is 26.3. The van der Waals surface area contributed by atoms with Gasteiger partial charge >= 0.3 is 0 Å². The first-order valence-electron chi connectivity index (χ1n) is 9.96. The van der Waals surface area contributed by atoms with Crippen LogP contribution >= 0.6 is 0 Å². The summed E-state index contributed by atoms with van der Waals surface area (Å²) in [6, 6.07) is 12.0. The predicted octanol–water partition coefficient (Wildman–Crippen LogP) is 8.80. The van der Waals surface area contributed by atoms with Crippen LogP contribution < -0.4 is 0 Å². The van der Waals surface area contributed by atoms with E-state index in [1.165, 1.54) is 18.4 Å². The van der Waals surface area contributed by atoms with Crippen molar-refractivity contribution in [2.75, 3.05) is 0 Å². The fourth-order valence-electron chi connectivity index (χ4n) is 1.92. The van der Waals surface area contributed by atoms with E-state index in [4.69, 9.17) is 0 Å². The Morgan fingerprint density at radius 1 is 0.778 bits per heavy atom. The largest absolute Gasteiger partial charge is 0.355 e. The third kappa shape index (κ3) is 11.1. The van der Waals surface area contributed by atoms with Crippen molar-refractivity contribution in [1.29, 1.82) is 0 Å². The van der Waals surface area contributed by atoms with E-state index in [0.717, 1.165) is 17.0 Å². The summed E-state index contributed by atoms with van der Waals surface area (Å²) in [5.74, 6) is 0. The fourth-order valence-corrected chi connectivity index (χ4v) is 1.92. The second-order valence-electron chi connectivity index (χ2n) is 6.63. The minimum absolute atomic E-state index is 0.583. The first-order valence-corrected chi connectivity index (χ1v) is 9.96. The quantitative estimate of drug-likeness (QED) is 0.543. The maximum Gasteiger partial charge on any atom is 0.0455 e. The molecule has 150 valence electrons. The van der Waals surface area contributed by atoms with Crippen LogP contribution in [0.25, 0.3) is 18.2 Å². The van der Waals surface area contributed by atoms with Gasteiger partial charge in [0.15, 0.2) is 0 Å². The van der Waals surface area contributed by atoms with Gasteiger partial charge in [0, 0.05) is 17.0 Å². The van der Waals surface area contributed by atoms with Gasteiger partial charge < -0.3 is 4.98 Å². The highest BCUT2D eigenvalue weighted by Gasteiger charge is 2.09. The molecule has 2 rings (SSSR count). The van der Waals surface area contributed by atoms with Crippen LogP contribution in [0.3, 0.4) is 0 Å². The van der Waals surface area contributed by atoms with Crippen LogP contribution in [-0.4, -0.2) is 4.98 Å². The fraction of sp³-hybridized carbons (Fsp3) is 0.385. The summed E-state index contributed by atoms with van der Waals surface area (Å²) in [7, 11) is 0. The molecule has 2 aromatic rings. The molecule has 0 bridgehead atoms. The van der Waals surface area contributed by atoms with Gasteiger partial charge in [-0.25, -0.2) is 0 Å². The van der Waals surface area contributed by atoms with Gasteiger partial charge in [-0.2, -0.15) is 0 Å². The Balaban J connectivity index is 0. The van der Waals surface area contributed by atoms with Gasteiger partial charge in [-0.3, -0.25) is 0 Å². The highest BCUT2D eigenvalue weighted by molar-refractivity contribution is 5.69. The molecule has 0 aliphatic carbocycles. The zero-order valence-electron chi connectivity index (χ0n) is 18.7. The number of H-pyrrole nitrogens is 1. The number of hydrogen-bond donors (Lipinski definition) is 1. The zero-order chi connectivity index (χ0) is 21.3. The smallest absolute Gasteiger partial charge is 0.0455 e. The summed E-state index contributed by atoms with van der Waals surface area (Å²) in [5.41, 5.74) is 4.92. The van der Waals surface area contributed by atoms with Crippen LogP contribution in [0, 0.1) is 12.3 Å². The number of hydrogen-bond acceptors (Lipinski definition) is 0. The number of aromatic amines is 1. The maximum atomic E-state index is 3.75. The molecule has 1 nitrogen and oxygen atoms in total. The molecule has 0 fully saturated rings. The minimum Gasteiger partial charge on any atom is -0.355 e. The Morgan fingerprint density at radius 2 is 1.15 bits per heavy atom. The summed E-state index contributed by atoms with van der Waals surface area (Å²) >= 11 is 0. The molecule has 0 aliphatic heterocycles. The van der Waals surface area contributed by atoms with Crippen molar-refractivity contribution < 1.29 is 0 Å². The summed E-state index contributed by atoms with van der Waals surface area (Å²) < 4.78 is 0. The van der Waals surface area contributed by atoms with Crippen LogP contribution in [0.1, 0.15) is 76.9 Å². The lowest BCUT2D eigenvalue weighted by atomic mass is 9.88. The van der Waals surface area contributed by atoms with Crippen molar-refractivity contribution in [3.05, 3.63) is 78.6 Å². The van der Waals surface area contributed by atoms with Crippen molar-refractivity contribution in [2.45, 2.75) is 61.3 Å². The third-order valence-electron chi connectivity index (χ3n) is 4.56. The Hall–Kier alpha value is -2.28. The summed E-state index contributed by atoms with van der Waals surface area (Å²) in [4.78, 5) is 3.19. The second-order valence-corrected chi connectivity index (χ2v) is 6.63. The molecule has 0 spiro atoms. The molecule has 0 unspecified atom stereocenters. The molecular weight excluding hydrogens is 326 g/mol. The predicted molar refractivity (Wildman–Crippen MR) is 128 cm³/mol. The normalized spacial score (nSPS) is 9.30. The van der Waals surface area contributed by atoms with Gasteiger partial charge in [-0.05, 0) is 30.1 Å². The van der Waals surface area contributed by atoms with Gasteiger partial charge in [-0.1, -0.05) is 117 Å². The molecule has 0 radical (unpaired) electrons. The summed E-state index contributed by atoms with van der Waals surface area (Å²) in [5, 5.41) is 0. The van der Waals surface area contributed by atoms with Crippen LogP contribution in [0.4, 0.5) is 0 Å². The molecule has 0 atom stereocenters. The maximum absolute atomic E-state index is 3.75. The Labute approximate surface area is 168 Å². The van der Waals surface area contributed by atoms with Crippen molar-refractivity contribution in [1.82, 2.24) is 4.98 Å². The van der Waals surface area contributed by atoms with E-state index in [-0.39, 0.29) is 0 Å². The van der Waals surface area contributed by atoms with Crippen LogP contribution in [0.5, 0.6) is 0 Å². The number of benzene rings is 1. The lowest BCUT2D eigenvalue weighted by Gasteiger charge is -2.18. The van der Waals surface area contributed by atoms with Gasteiger partial charge in [0.05, 0.1) is 0 Å². The van der Waals surface area contributed by atoms with Gasteiger partial charge in [0.2, 0.25) is 0 Å². The average molecular weight is 368 g/mol. The Kier molecular flexibility index (Phi) is 15.9. The first kappa shape index (κ1) is 26.9. The molecule has 1 aromatic heterocycles. The molecule has 0 amide bonds. The van der Waals surface area contributed by atoms with Gasteiger partial charge in [-0.15, -0.1) is 0 Å². The van der Waals surface area contributed by atoms with E-state index in [2.05, 4.69) is 52.4 Å². The van der Waals surface area contributed by atoms with Crippen molar-refractivity contribution in [3.63, 3.8) is 0 Å². The average Bonchev–Trinajstić information content (AvgIpc) is 3.06. The third-order valence-corrected chi connectivity index (χ3v) is 4.56. The van der Waals surface area contributed by atoms with E-state index >= 15 is 0 Å². The molecule has 0 saturated carbocycles. The SMILES string of the molecule is C=Cc1[nH]c(C=C)c(C=C)c1C.CC.CCC(C)(C)CC.c1ccccc1. The number of aromatic nitrogens is 1. The van der Waals surface area contributed by atoms with E-state index < -0.39 is 0 Å². The van der Waals surface area contributed by atoms with Crippen LogP contribution in [0.15, 0.2) is 56.1 Å². The minimum atomic E-state index is 0.583. The molecule has 0 aliphatic rings. The monoisotopic (exact) mass is 367 g/mol. The Morgan fingerprint density at radius 3 is 1.33 bits per heavy atom. The first-order chi connectivity index (χ1) is 12.9. The molecular formula is C26H41N. The lowest BCUT2D eigenvalue weighted by Crippen LogP contribution is -2.05. The van der Waals surface area contributed by atoms with Crippen LogP contribution in [0.2, 0.25) is 0 Å². The van der Waals surface area contributed by atoms with Crippen molar-refractivity contribution >= 4 is 18.2 Å². The zero-order valence-corrected chi connectivity index (χ0v) is 18.7. The highest BCUT2D eigenvalue weighted by atomic mass is 14.7. The van der Waals surface area contributed by atoms with E-state index in [1.807, 2.05) is 63.2 Å². The molecule has 1 heteroatoms. The molecule has 1 aromatic carbocycles. The summed E-state index contributed by atoms with van der Waals surface area (Å²) in [6.07, 6.45) is 8.01. The molecule has 1 heterocycles. The lowest BCUT2D eigenvalue weighted by molar-refractivity contribution is 0.338. The van der Waals surface area contributed by atoms with Gasteiger partial charge in [0.25, 0.3) is 0 Å². The van der Waals surface area contributed by atoms with Gasteiger partial charge in [0.1, 0.15) is 0 Å². The topological polar surface area (TPSA) is 15.8 Å². The molecule has 1 N–H and O–H groups in total. The van der Waals surface area contributed by atoms with E-state index in [1.54, 1.807) is 12.2 Å². The van der Waals surface area contributed by atoms with Crippen molar-refractivity contribution in [2.24, 2.45) is 5.41 Å². The van der Waals surface area contributed by atoms with E-state index in [0.29, 0.717) is 5.41 Å². The molecule has 27 heavy (non-hydrogen) atoms. The van der Waals surface area contributed by atoms with Crippen molar-refractivity contribution in [3.8, 4) is 0 Å². The second kappa shape index (κ2) is 15.9. The number of nitrogens with one attached hydrogen (secondary N) is 1. The Bertz CT molecular complexity index is 597. The molecule has 0 saturated heterocycles. The number of rotatable bonds is 5. The van der Waals surface area contributed by atoms with E-state index in [9.17, 15) is 0 Å².